The molecule has 6 heteroatoms. The monoisotopic (exact) mass is 452 g/mol. The standard InChI is InChI=1S/C23H30Cl2N2OS/c1-29(28)22-8-4-3-7-18(22)10-11-19(23(26)27-13-5-2-6-14-27)15-17-9-12-20(24)21(25)16-17/h3-4,7-9,12,16,19,23H,2,5-6,10-11,13-15,26H2,1H3. The molecule has 0 saturated carbocycles. The van der Waals surface area contributed by atoms with Crippen LogP contribution in [-0.4, -0.2) is 34.6 Å². The Labute approximate surface area is 187 Å². The molecule has 0 amide bonds. The van der Waals surface area contributed by atoms with E-state index in [2.05, 4.69) is 11.0 Å². The molecular weight excluding hydrogens is 423 g/mol. The number of nitrogens with two attached hydrogens (primary N) is 1. The Hall–Kier alpha value is -0.910. The average Bonchev–Trinajstić information content (AvgIpc) is 2.74. The second kappa shape index (κ2) is 10.9. The van der Waals surface area contributed by atoms with E-state index in [1.165, 1.54) is 19.3 Å². The minimum atomic E-state index is -0.988. The maximum absolute atomic E-state index is 12.1. The van der Waals surface area contributed by atoms with Gasteiger partial charge >= 0.3 is 0 Å². The highest BCUT2D eigenvalue weighted by molar-refractivity contribution is 7.84. The topological polar surface area (TPSA) is 46.3 Å². The number of rotatable bonds is 8. The third-order valence-electron chi connectivity index (χ3n) is 5.84. The minimum Gasteiger partial charge on any atom is -0.315 e. The lowest BCUT2D eigenvalue weighted by Crippen LogP contribution is -2.50. The molecule has 0 bridgehead atoms. The Morgan fingerprint density at radius 3 is 2.48 bits per heavy atom. The summed E-state index contributed by atoms with van der Waals surface area (Å²) in [5, 5.41) is 1.16. The van der Waals surface area contributed by atoms with Gasteiger partial charge in [0.25, 0.3) is 0 Å². The maximum atomic E-state index is 12.1. The second-order valence-corrected chi connectivity index (χ2v) is 10.1. The van der Waals surface area contributed by atoms with Crippen molar-refractivity contribution in [2.45, 2.75) is 49.6 Å². The molecule has 0 spiro atoms. The second-order valence-electron chi connectivity index (χ2n) is 7.90. The molecule has 29 heavy (non-hydrogen) atoms. The van der Waals surface area contributed by atoms with Crippen molar-refractivity contribution >= 4 is 34.0 Å². The van der Waals surface area contributed by atoms with Crippen LogP contribution in [0.1, 0.15) is 36.8 Å². The first-order chi connectivity index (χ1) is 14.0. The van der Waals surface area contributed by atoms with Crippen molar-refractivity contribution in [3.8, 4) is 0 Å². The van der Waals surface area contributed by atoms with Gasteiger partial charge in [-0.15, -0.1) is 0 Å². The number of piperidine rings is 1. The largest absolute Gasteiger partial charge is 0.315 e. The number of nitrogens with zero attached hydrogens (tertiary/aromatic N) is 1. The van der Waals surface area contributed by atoms with E-state index in [9.17, 15) is 4.21 Å². The molecule has 3 rings (SSSR count). The van der Waals surface area contributed by atoms with E-state index < -0.39 is 10.8 Å². The molecule has 3 atom stereocenters. The molecule has 2 aromatic carbocycles. The zero-order valence-electron chi connectivity index (χ0n) is 16.9. The zero-order valence-corrected chi connectivity index (χ0v) is 19.3. The van der Waals surface area contributed by atoms with Crippen molar-refractivity contribution in [2.75, 3.05) is 19.3 Å². The molecule has 0 aromatic heterocycles. The number of hydrogen-bond donors (Lipinski definition) is 1. The summed E-state index contributed by atoms with van der Waals surface area (Å²) in [7, 11) is -0.988. The van der Waals surface area contributed by atoms with Crippen LogP contribution in [0.3, 0.4) is 0 Å². The Balaban J connectivity index is 1.78. The first-order valence-corrected chi connectivity index (χ1v) is 12.6. The molecule has 0 radical (unpaired) electrons. The number of benzene rings is 2. The highest BCUT2D eigenvalue weighted by Gasteiger charge is 2.26. The fourth-order valence-electron chi connectivity index (χ4n) is 4.21. The van der Waals surface area contributed by atoms with Crippen LogP contribution in [0.5, 0.6) is 0 Å². The van der Waals surface area contributed by atoms with Crippen molar-refractivity contribution in [3.63, 3.8) is 0 Å². The highest BCUT2D eigenvalue weighted by Crippen LogP contribution is 2.28. The molecule has 1 heterocycles. The molecule has 0 aliphatic carbocycles. The van der Waals surface area contributed by atoms with Gasteiger partial charge in [-0.1, -0.05) is 53.9 Å². The lowest BCUT2D eigenvalue weighted by atomic mass is 9.89. The predicted molar refractivity (Wildman–Crippen MR) is 124 cm³/mol. The van der Waals surface area contributed by atoms with Gasteiger partial charge < -0.3 is 5.73 Å². The van der Waals surface area contributed by atoms with E-state index in [0.717, 1.165) is 48.4 Å². The van der Waals surface area contributed by atoms with Crippen molar-refractivity contribution in [1.29, 1.82) is 0 Å². The van der Waals surface area contributed by atoms with E-state index in [1.54, 1.807) is 6.26 Å². The summed E-state index contributed by atoms with van der Waals surface area (Å²) in [6, 6.07) is 13.9. The molecule has 1 saturated heterocycles. The fraction of sp³-hybridized carbons (Fsp3) is 0.478. The smallest absolute Gasteiger partial charge is 0.0604 e. The van der Waals surface area contributed by atoms with Gasteiger partial charge in [0.15, 0.2) is 0 Å². The third kappa shape index (κ3) is 6.28. The van der Waals surface area contributed by atoms with Gasteiger partial charge in [0.1, 0.15) is 0 Å². The van der Waals surface area contributed by atoms with Crippen LogP contribution in [0.2, 0.25) is 10.0 Å². The van der Waals surface area contributed by atoms with Gasteiger partial charge in [0, 0.05) is 11.2 Å². The van der Waals surface area contributed by atoms with Crippen LogP contribution in [0.25, 0.3) is 0 Å². The molecule has 2 aromatic rings. The first kappa shape index (κ1) is 22.8. The molecule has 1 aliphatic heterocycles. The van der Waals surface area contributed by atoms with Crippen LogP contribution in [-0.2, 0) is 23.6 Å². The Morgan fingerprint density at radius 1 is 1.07 bits per heavy atom. The van der Waals surface area contributed by atoms with E-state index in [-0.39, 0.29) is 12.1 Å². The van der Waals surface area contributed by atoms with Gasteiger partial charge in [-0.05, 0) is 80.4 Å². The lowest BCUT2D eigenvalue weighted by Gasteiger charge is -2.37. The van der Waals surface area contributed by atoms with E-state index in [1.807, 2.05) is 36.4 Å². The quantitative estimate of drug-likeness (QED) is 0.591. The van der Waals surface area contributed by atoms with Gasteiger partial charge in [-0.25, -0.2) is 0 Å². The summed E-state index contributed by atoms with van der Waals surface area (Å²) in [5.41, 5.74) is 9.09. The molecule has 3 nitrogen and oxygen atoms in total. The number of aryl methyl sites for hydroxylation is 1. The summed E-state index contributed by atoms with van der Waals surface area (Å²) >= 11 is 12.3. The normalized spacial score (nSPS) is 18.3. The third-order valence-corrected chi connectivity index (χ3v) is 7.60. The van der Waals surface area contributed by atoms with Gasteiger partial charge in [0.05, 0.1) is 27.0 Å². The van der Waals surface area contributed by atoms with Crippen LogP contribution in [0.4, 0.5) is 0 Å². The van der Waals surface area contributed by atoms with Crippen molar-refractivity contribution in [3.05, 3.63) is 63.6 Å². The molecule has 2 N–H and O–H groups in total. The Kier molecular flexibility index (Phi) is 8.57. The number of hydrogen-bond acceptors (Lipinski definition) is 3. The van der Waals surface area contributed by atoms with E-state index >= 15 is 0 Å². The SMILES string of the molecule is CS(=O)c1ccccc1CCC(Cc1ccc(Cl)c(Cl)c1)C(N)N1CCCCC1. The van der Waals surface area contributed by atoms with Crippen LogP contribution < -0.4 is 5.73 Å². The Bertz CT molecular complexity index is 839. The molecular formula is C23H30Cl2N2OS. The first-order valence-electron chi connectivity index (χ1n) is 10.3. The van der Waals surface area contributed by atoms with Crippen LogP contribution in [0.15, 0.2) is 47.4 Å². The van der Waals surface area contributed by atoms with Crippen molar-refractivity contribution in [2.24, 2.45) is 11.7 Å². The average molecular weight is 453 g/mol. The number of halogens is 2. The molecule has 1 fully saturated rings. The summed E-state index contributed by atoms with van der Waals surface area (Å²) in [5.74, 6) is 0.281. The number of likely N-dealkylation sites (tertiary alicyclic amines) is 1. The lowest BCUT2D eigenvalue weighted by molar-refractivity contribution is 0.115. The van der Waals surface area contributed by atoms with Gasteiger partial charge in [-0.3, -0.25) is 9.11 Å². The Morgan fingerprint density at radius 2 is 1.79 bits per heavy atom. The van der Waals surface area contributed by atoms with Gasteiger partial charge in [0.2, 0.25) is 0 Å². The highest BCUT2D eigenvalue weighted by atomic mass is 35.5. The summed E-state index contributed by atoms with van der Waals surface area (Å²) in [6.45, 7) is 2.13. The van der Waals surface area contributed by atoms with Crippen LogP contribution >= 0.6 is 23.2 Å². The molecule has 3 unspecified atom stereocenters. The van der Waals surface area contributed by atoms with Crippen molar-refractivity contribution in [1.82, 2.24) is 4.90 Å². The van der Waals surface area contributed by atoms with Gasteiger partial charge in [-0.2, -0.15) is 0 Å². The summed E-state index contributed by atoms with van der Waals surface area (Å²) < 4.78 is 12.1. The van der Waals surface area contributed by atoms with Crippen LogP contribution in [0, 0.1) is 5.92 Å². The summed E-state index contributed by atoms with van der Waals surface area (Å²) in [6.07, 6.45) is 8.11. The van der Waals surface area contributed by atoms with Crippen molar-refractivity contribution < 1.29 is 4.21 Å². The van der Waals surface area contributed by atoms with E-state index in [4.69, 9.17) is 28.9 Å². The maximum Gasteiger partial charge on any atom is 0.0604 e. The zero-order chi connectivity index (χ0) is 20.8. The minimum absolute atomic E-state index is 0.00374. The molecule has 1 aliphatic rings. The molecule has 158 valence electrons. The predicted octanol–water partition coefficient (Wildman–Crippen LogP) is 5.29. The van der Waals surface area contributed by atoms with E-state index in [0.29, 0.717) is 10.0 Å². The summed E-state index contributed by atoms with van der Waals surface area (Å²) in [4.78, 5) is 3.35. The fourth-order valence-corrected chi connectivity index (χ4v) is 5.34.